The van der Waals surface area contributed by atoms with Crippen LogP contribution in [-0.2, 0) is 0 Å². The monoisotopic (exact) mass is 231 g/mol. The van der Waals surface area contributed by atoms with Crippen molar-refractivity contribution in [3.63, 3.8) is 0 Å². The lowest BCUT2D eigenvalue weighted by atomic mass is 9.93. The molecule has 0 aromatic heterocycles. The first-order valence-electron chi connectivity index (χ1n) is 6.45. The Morgan fingerprint density at radius 2 is 2.29 bits per heavy atom. The van der Waals surface area contributed by atoms with Crippen molar-refractivity contribution in [1.29, 1.82) is 0 Å². The maximum atomic E-state index is 5.66. The topological polar surface area (TPSA) is 21.3 Å². The lowest BCUT2D eigenvalue weighted by molar-refractivity contribution is 0.265. The van der Waals surface area contributed by atoms with Gasteiger partial charge in [0.2, 0.25) is 0 Å². The highest BCUT2D eigenvalue weighted by molar-refractivity contribution is 5.37. The van der Waals surface area contributed by atoms with Crippen molar-refractivity contribution in [2.75, 3.05) is 19.7 Å². The molecule has 0 aliphatic carbocycles. The van der Waals surface area contributed by atoms with Crippen LogP contribution in [-0.4, -0.2) is 19.7 Å². The van der Waals surface area contributed by atoms with Crippen molar-refractivity contribution in [2.45, 2.75) is 25.7 Å². The number of ether oxygens (including phenoxy) is 1. The Labute approximate surface area is 104 Å². The van der Waals surface area contributed by atoms with Gasteiger partial charge in [-0.15, -0.1) is 0 Å². The summed E-state index contributed by atoms with van der Waals surface area (Å²) in [6, 6.07) is 8.40. The smallest absolute Gasteiger partial charge is 0.122 e. The van der Waals surface area contributed by atoms with E-state index in [4.69, 9.17) is 4.74 Å². The van der Waals surface area contributed by atoms with Gasteiger partial charge in [-0.05, 0) is 37.9 Å². The maximum Gasteiger partial charge on any atom is 0.122 e. The molecule has 0 amide bonds. The number of hydrogen-bond acceptors (Lipinski definition) is 2. The molecular weight excluding hydrogens is 210 g/mol. The number of para-hydroxylation sites is 1. The van der Waals surface area contributed by atoms with Crippen LogP contribution in [0.1, 0.15) is 31.2 Å². The van der Waals surface area contributed by atoms with Gasteiger partial charge >= 0.3 is 0 Å². The zero-order valence-electron chi connectivity index (χ0n) is 10.5. The molecule has 1 aliphatic rings. The Morgan fingerprint density at radius 1 is 1.41 bits per heavy atom. The van der Waals surface area contributed by atoms with Crippen LogP contribution < -0.4 is 10.1 Å². The summed E-state index contributed by atoms with van der Waals surface area (Å²) in [5.74, 6) is 1.67. The molecule has 0 fully saturated rings. The summed E-state index contributed by atoms with van der Waals surface area (Å²) < 4.78 is 5.66. The number of benzene rings is 1. The first kappa shape index (κ1) is 12.2. The van der Waals surface area contributed by atoms with E-state index in [-0.39, 0.29) is 0 Å². The van der Waals surface area contributed by atoms with Crippen molar-refractivity contribution in [1.82, 2.24) is 5.32 Å². The Balaban J connectivity index is 1.86. The number of nitrogens with one attached hydrogen (secondary N) is 1. The van der Waals surface area contributed by atoms with Crippen molar-refractivity contribution in [2.24, 2.45) is 0 Å². The number of fused-ring (bicyclic) bond motifs is 1. The van der Waals surface area contributed by atoms with E-state index in [1.807, 2.05) is 6.07 Å². The largest absolute Gasteiger partial charge is 0.493 e. The van der Waals surface area contributed by atoms with E-state index in [2.05, 4.69) is 42.6 Å². The van der Waals surface area contributed by atoms with Crippen LogP contribution in [0.5, 0.6) is 5.75 Å². The molecule has 1 unspecified atom stereocenters. The number of allylic oxidation sites excluding steroid dienone is 1. The normalized spacial score (nSPS) is 19.0. The molecule has 1 atom stereocenters. The van der Waals surface area contributed by atoms with E-state index in [1.165, 1.54) is 5.56 Å². The lowest BCUT2D eigenvalue weighted by Crippen LogP contribution is -2.26. The molecule has 17 heavy (non-hydrogen) atoms. The highest BCUT2D eigenvalue weighted by Gasteiger charge is 2.20. The molecule has 2 nitrogen and oxygen atoms in total. The first-order valence-corrected chi connectivity index (χ1v) is 6.45. The van der Waals surface area contributed by atoms with Gasteiger partial charge in [0, 0.05) is 12.5 Å². The molecule has 0 spiro atoms. The van der Waals surface area contributed by atoms with Crippen molar-refractivity contribution < 1.29 is 4.74 Å². The summed E-state index contributed by atoms with van der Waals surface area (Å²) in [6.07, 6.45) is 6.53. The van der Waals surface area contributed by atoms with Crippen LogP contribution in [0, 0.1) is 0 Å². The second-order valence-electron chi connectivity index (χ2n) is 4.43. The minimum Gasteiger partial charge on any atom is -0.493 e. The van der Waals surface area contributed by atoms with Gasteiger partial charge in [-0.1, -0.05) is 30.4 Å². The van der Waals surface area contributed by atoms with Crippen LogP contribution in [0.3, 0.4) is 0 Å². The minimum atomic E-state index is 0.602. The predicted octanol–water partition coefficient (Wildman–Crippen LogP) is 3.11. The van der Waals surface area contributed by atoms with Crippen LogP contribution >= 0.6 is 0 Å². The summed E-state index contributed by atoms with van der Waals surface area (Å²) in [7, 11) is 0. The molecule has 0 bridgehead atoms. The van der Waals surface area contributed by atoms with E-state index >= 15 is 0 Å². The summed E-state index contributed by atoms with van der Waals surface area (Å²) in [5.41, 5.74) is 1.36. The van der Waals surface area contributed by atoms with Gasteiger partial charge in [-0.3, -0.25) is 0 Å². The summed E-state index contributed by atoms with van der Waals surface area (Å²) >= 11 is 0. The molecule has 92 valence electrons. The third-order valence-electron chi connectivity index (χ3n) is 3.20. The standard InChI is InChI=1S/C15H21NO/c1-2-3-6-10-16-12-13-9-11-17-15-8-5-4-7-14(13)15/h2-5,7-8,13,16H,6,9-12H2,1H3/b3-2+. The Kier molecular flexibility index (Phi) is 4.63. The second-order valence-corrected chi connectivity index (χ2v) is 4.43. The zero-order chi connectivity index (χ0) is 11.9. The molecule has 0 saturated heterocycles. The van der Waals surface area contributed by atoms with Crippen LogP contribution in [0.25, 0.3) is 0 Å². The van der Waals surface area contributed by atoms with Gasteiger partial charge < -0.3 is 10.1 Å². The SMILES string of the molecule is C/C=C/CCNCC1CCOc2ccccc21. The van der Waals surface area contributed by atoms with E-state index in [9.17, 15) is 0 Å². The number of hydrogen-bond donors (Lipinski definition) is 1. The Morgan fingerprint density at radius 3 is 3.18 bits per heavy atom. The van der Waals surface area contributed by atoms with E-state index in [0.29, 0.717) is 5.92 Å². The van der Waals surface area contributed by atoms with Gasteiger partial charge in [0.05, 0.1) is 6.61 Å². The van der Waals surface area contributed by atoms with Crippen molar-refractivity contribution in [3.8, 4) is 5.75 Å². The van der Waals surface area contributed by atoms with Crippen molar-refractivity contribution in [3.05, 3.63) is 42.0 Å². The summed E-state index contributed by atoms with van der Waals surface area (Å²) in [4.78, 5) is 0. The first-order chi connectivity index (χ1) is 8.42. The molecule has 1 heterocycles. The van der Waals surface area contributed by atoms with E-state index in [0.717, 1.165) is 38.3 Å². The average molecular weight is 231 g/mol. The Bertz CT molecular complexity index is 373. The molecule has 0 radical (unpaired) electrons. The van der Waals surface area contributed by atoms with Gasteiger partial charge in [0.1, 0.15) is 5.75 Å². The maximum absolute atomic E-state index is 5.66. The Hall–Kier alpha value is -1.28. The fourth-order valence-corrected chi connectivity index (χ4v) is 2.26. The molecular formula is C15H21NO. The van der Waals surface area contributed by atoms with Crippen LogP contribution in [0.2, 0.25) is 0 Å². The van der Waals surface area contributed by atoms with Gasteiger partial charge in [0.15, 0.2) is 0 Å². The van der Waals surface area contributed by atoms with Crippen LogP contribution in [0.4, 0.5) is 0 Å². The van der Waals surface area contributed by atoms with Crippen molar-refractivity contribution >= 4 is 0 Å². The summed E-state index contributed by atoms with van der Waals surface area (Å²) in [5, 5.41) is 3.52. The number of rotatable bonds is 5. The predicted molar refractivity (Wildman–Crippen MR) is 71.6 cm³/mol. The fraction of sp³-hybridized carbons (Fsp3) is 0.467. The molecule has 1 aliphatic heterocycles. The molecule has 1 aromatic carbocycles. The summed E-state index contributed by atoms with van der Waals surface area (Å²) in [6.45, 7) is 5.02. The van der Waals surface area contributed by atoms with Gasteiger partial charge in [-0.25, -0.2) is 0 Å². The third-order valence-corrected chi connectivity index (χ3v) is 3.20. The highest BCUT2D eigenvalue weighted by Crippen LogP contribution is 2.32. The van der Waals surface area contributed by atoms with Gasteiger partial charge in [-0.2, -0.15) is 0 Å². The lowest BCUT2D eigenvalue weighted by Gasteiger charge is -2.26. The fourth-order valence-electron chi connectivity index (χ4n) is 2.26. The molecule has 2 heteroatoms. The molecule has 1 N–H and O–H groups in total. The van der Waals surface area contributed by atoms with Crippen LogP contribution in [0.15, 0.2) is 36.4 Å². The molecule has 2 rings (SSSR count). The van der Waals surface area contributed by atoms with E-state index in [1.54, 1.807) is 0 Å². The second kappa shape index (κ2) is 6.45. The third kappa shape index (κ3) is 3.34. The highest BCUT2D eigenvalue weighted by atomic mass is 16.5. The molecule has 0 saturated carbocycles. The molecule has 1 aromatic rings. The average Bonchev–Trinajstić information content (AvgIpc) is 2.39. The van der Waals surface area contributed by atoms with Gasteiger partial charge in [0.25, 0.3) is 0 Å². The quantitative estimate of drug-likeness (QED) is 0.621. The zero-order valence-corrected chi connectivity index (χ0v) is 10.5. The minimum absolute atomic E-state index is 0.602. The van der Waals surface area contributed by atoms with E-state index < -0.39 is 0 Å².